The van der Waals surface area contributed by atoms with Crippen molar-refractivity contribution in [1.82, 2.24) is 0 Å². The van der Waals surface area contributed by atoms with Gasteiger partial charge in [-0.2, -0.15) is 12.6 Å². The molecule has 1 aliphatic heterocycles. The molecule has 0 bridgehead atoms. The Balaban J connectivity index is 2.05. The first-order valence-electron chi connectivity index (χ1n) is 6.02. The summed E-state index contributed by atoms with van der Waals surface area (Å²) in [6.45, 7) is 1.68. The van der Waals surface area contributed by atoms with Crippen LogP contribution in [0.15, 0.2) is 42.5 Å². The molecule has 0 unspecified atom stereocenters. The van der Waals surface area contributed by atoms with Gasteiger partial charge in [0.2, 0.25) is 0 Å². The van der Waals surface area contributed by atoms with Gasteiger partial charge in [0.1, 0.15) is 0 Å². The molecule has 0 N–H and O–H groups in total. The summed E-state index contributed by atoms with van der Waals surface area (Å²) >= 11 is 4.37. The summed E-state index contributed by atoms with van der Waals surface area (Å²) in [7, 11) is 0. The van der Waals surface area contributed by atoms with Crippen molar-refractivity contribution in [2.75, 3.05) is 19.0 Å². The van der Waals surface area contributed by atoms with E-state index in [1.54, 1.807) is 0 Å². The SMILES string of the molecule is SCCC1(c2ccc3ccccc3c2)COC1. The number of hydrogen-bond donors (Lipinski definition) is 1. The van der Waals surface area contributed by atoms with E-state index in [1.165, 1.54) is 16.3 Å². The van der Waals surface area contributed by atoms with Crippen LogP contribution in [-0.4, -0.2) is 19.0 Å². The van der Waals surface area contributed by atoms with Crippen LogP contribution < -0.4 is 0 Å². The van der Waals surface area contributed by atoms with Gasteiger partial charge in [-0.3, -0.25) is 0 Å². The van der Waals surface area contributed by atoms with Crippen LogP contribution in [0, 0.1) is 0 Å². The predicted molar refractivity (Wildman–Crippen MR) is 74.9 cm³/mol. The summed E-state index contributed by atoms with van der Waals surface area (Å²) in [5.41, 5.74) is 1.61. The van der Waals surface area contributed by atoms with E-state index in [9.17, 15) is 0 Å². The molecule has 0 atom stereocenters. The highest BCUT2D eigenvalue weighted by atomic mass is 32.1. The molecule has 3 rings (SSSR count). The normalized spacial score (nSPS) is 17.9. The van der Waals surface area contributed by atoms with Crippen molar-refractivity contribution in [3.8, 4) is 0 Å². The lowest BCUT2D eigenvalue weighted by atomic mass is 9.76. The second kappa shape index (κ2) is 4.35. The highest BCUT2D eigenvalue weighted by Gasteiger charge is 2.39. The summed E-state index contributed by atoms with van der Waals surface area (Å²) in [6.07, 6.45) is 1.09. The van der Waals surface area contributed by atoms with Crippen molar-refractivity contribution < 1.29 is 4.74 Å². The van der Waals surface area contributed by atoms with E-state index in [0.29, 0.717) is 0 Å². The van der Waals surface area contributed by atoms with Crippen molar-refractivity contribution in [3.05, 3.63) is 48.0 Å². The lowest BCUT2D eigenvalue weighted by Crippen LogP contribution is -2.47. The molecule has 0 aromatic heterocycles. The van der Waals surface area contributed by atoms with E-state index in [-0.39, 0.29) is 5.41 Å². The Kier molecular flexibility index (Phi) is 2.85. The van der Waals surface area contributed by atoms with Gasteiger partial charge < -0.3 is 4.74 Å². The lowest BCUT2D eigenvalue weighted by Gasteiger charge is -2.42. The zero-order valence-electron chi connectivity index (χ0n) is 9.73. The van der Waals surface area contributed by atoms with E-state index < -0.39 is 0 Å². The molecule has 2 heteroatoms. The molecule has 1 aliphatic rings. The first-order chi connectivity index (χ1) is 8.34. The van der Waals surface area contributed by atoms with Crippen LogP contribution in [0.3, 0.4) is 0 Å². The number of thiol groups is 1. The molecule has 0 amide bonds. The van der Waals surface area contributed by atoms with Crippen LogP contribution in [0.1, 0.15) is 12.0 Å². The lowest BCUT2D eigenvalue weighted by molar-refractivity contribution is -0.0613. The van der Waals surface area contributed by atoms with Gasteiger partial charge >= 0.3 is 0 Å². The second-order valence-corrected chi connectivity index (χ2v) is 5.26. The molecule has 1 fully saturated rings. The van der Waals surface area contributed by atoms with Gasteiger partial charge in [-0.15, -0.1) is 0 Å². The zero-order chi connectivity index (χ0) is 11.7. The molecule has 0 saturated carbocycles. The summed E-state index contributed by atoms with van der Waals surface area (Å²) in [6, 6.07) is 15.3. The number of fused-ring (bicyclic) bond motifs is 1. The fourth-order valence-electron chi connectivity index (χ4n) is 2.54. The number of rotatable bonds is 3. The summed E-state index contributed by atoms with van der Waals surface area (Å²) < 4.78 is 5.42. The Hall–Kier alpha value is -0.990. The Bertz CT molecular complexity index is 531. The molecule has 1 nitrogen and oxygen atoms in total. The smallest absolute Gasteiger partial charge is 0.0585 e. The minimum absolute atomic E-state index is 0.214. The van der Waals surface area contributed by atoms with E-state index >= 15 is 0 Å². The van der Waals surface area contributed by atoms with Crippen molar-refractivity contribution in [2.45, 2.75) is 11.8 Å². The minimum atomic E-state index is 0.214. The first kappa shape index (κ1) is 11.1. The third-order valence-electron chi connectivity index (χ3n) is 3.71. The van der Waals surface area contributed by atoms with E-state index in [1.807, 2.05) is 0 Å². The Morgan fingerprint density at radius 2 is 1.82 bits per heavy atom. The molecule has 1 saturated heterocycles. The molecular formula is C15H16OS. The van der Waals surface area contributed by atoms with Gasteiger partial charge in [-0.05, 0) is 28.5 Å². The number of hydrogen-bond acceptors (Lipinski definition) is 2. The zero-order valence-corrected chi connectivity index (χ0v) is 10.6. The Morgan fingerprint density at radius 3 is 2.47 bits per heavy atom. The average molecular weight is 244 g/mol. The maximum atomic E-state index is 5.42. The first-order valence-corrected chi connectivity index (χ1v) is 6.65. The predicted octanol–water partition coefficient (Wildman–Crippen LogP) is 3.43. The van der Waals surface area contributed by atoms with Crippen LogP contribution in [-0.2, 0) is 10.2 Å². The van der Waals surface area contributed by atoms with E-state index in [4.69, 9.17) is 4.74 Å². The van der Waals surface area contributed by atoms with Crippen LogP contribution in [0.25, 0.3) is 10.8 Å². The van der Waals surface area contributed by atoms with Gasteiger partial charge in [-0.1, -0.05) is 42.5 Å². The van der Waals surface area contributed by atoms with Crippen molar-refractivity contribution in [1.29, 1.82) is 0 Å². The third-order valence-corrected chi connectivity index (χ3v) is 3.93. The van der Waals surface area contributed by atoms with Gasteiger partial charge in [0.25, 0.3) is 0 Å². The van der Waals surface area contributed by atoms with Crippen molar-refractivity contribution in [3.63, 3.8) is 0 Å². The fourth-order valence-corrected chi connectivity index (χ4v) is 2.97. The molecule has 0 spiro atoms. The van der Waals surface area contributed by atoms with Crippen LogP contribution in [0.2, 0.25) is 0 Å². The molecule has 0 radical (unpaired) electrons. The van der Waals surface area contributed by atoms with Crippen LogP contribution >= 0.6 is 12.6 Å². The fraction of sp³-hybridized carbons (Fsp3) is 0.333. The second-order valence-electron chi connectivity index (χ2n) is 4.81. The molecule has 1 heterocycles. The Morgan fingerprint density at radius 1 is 1.06 bits per heavy atom. The van der Waals surface area contributed by atoms with Crippen molar-refractivity contribution >= 4 is 23.4 Å². The average Bonchev–Trinajstić information content (AvgIpc) is 2.33. The summed E-state index contributed by atoms with van der Waals surface area (Å²) in [5.74, 6) is 0.913. The van der Waals surface area contributed by atoms with Crippen LogP contribution in [0.4, 0.5) is 0 Å². The summed E-state index contributed by atoms with van der Waals surface area (Å²) in [4.78, 5) is 0. The standard InChI is InChI=1S/C15H16OS/c17-8-7-15(10-16-11-15)14-6-5-12-3-1-2-4-13(12)9-14/h1-6,9,17H,7-8,10-11H2. The highest BCUT2D eigenvalue weighted by Crippen LogP contribution is 2.37. The number of benzene rings is 2. The van der Waals surface area contributed by atoms with Crippen molar-refractivity contribution in [2.24, 2.45) is 0 Å². The summed E-state index contributed by atoms with van der Waals surface area (Å²) in [5, 5.41) is 2.62. The largest absolute Gasteiger partial charge is 0.379 e. The van der Waals surface area contributed by atoms with Crippen LogP contribution in [0.5, 0.6) is 0 Å². The maximum Gasteiger partial charge on any atom is 0.0585 e. The van der Waals surface area contributed by atoms with Gasteiger partial charge in [0.15, 0.2) is 0 Å². The maximum absolute atomic E-state index is 5.42. The van der Waals surface area contributed by atoms with E-state index in [2.05, 4.69) is 55.1 Å². The monoisotopic (exact) mass is 244 g/mol. The topological polar surface area (TPSA) is 9.23 Å². The molecule has 2 aromatic rings. The Labute approximate surface area is 107 Å². The molecular weight excluding hydrogens is 228 g/mol. The molecule has 2 aromatic carbocycles. The quantitative estimate of drug-likeness (QED) is 0.814. The van der Waals surface area contributed by atoms with E-state index in [0.717, 1.165) is 25.4 Å². The molecule has 0 aliphatic carbocycles. The van der Waals surface area contributed by atoms with Gasteiger partial charge in [-0.25, -0.2) is 0 Å². The number of ether oxygens (including phenoxy) is 1. The molecule has 88 valence electrons. The molecule has 17 heavy (non-hydrogen) atoms. The minimum Gasteiger partial charge on any atom is -0.379 e. The van der Waals surface area contributed by atoms with Gasteiger partial charge in [0.05, 0.1) is 13.2 Å². The third kappa shape index (κ3) is 1.85. The highest BCUT2D eigenvalue weighted by molar-refractivity contribution is 7.80. The van der Waals surface area contributed by atoms with Gasteiger partial charge in [0, 0.05) is 5.41 Å².